The molecule has 1 unspecified atom stereocenters. The summed E-state index contributed by atoms with van der Waals surface area (Å²) in [5.74, 6) is 1.20. The maximum atomic E-state index is 12.9. The number of hydrogen-bond acceptors (Lipinski definition) is 5. The molecule has 0 saturated heterocycles. The van der Waals surface area contributed by atoms with E-state index >= 15 is 0 Å². The van der Waals surface area contributed by atoms with E-state index in [-0.39, 0.29) is 17.7 Å². The molecule has 5 rings (SSSR count). The second kappa shape index (κ2) is 6.80. The molecule has 0 aliphatic heterocycles. The molecule has 9 heteroatoms. The number of halogens is 2. The Hall–Kier alpha value is -2.42. The third kappa shape index (κ3) is 3.19. The molecule has 4 aromatic heterocycles. The van der Waals surface area contributed by atoms with E-state index < -0.39 is 6.43 Å². The summed E-state index contributed by atoms with van der Waals surface area (Å²) >= 11 is 1.76. The first-order valence-corrected chi connectivity index (χ1v) is 11.0. The van der Waals surface area contributed by atoms with Crippen LogP contribution in [0.1, 0.15) is 61.3 Å². The third-order valence-electron chi connectivity index (χ3n) is 6.17. The summed E-state index contributed by atoms with van der Waals surface area (Å²) in [5, 5.41) is 9.62. The molecule has 1 atom stereocenters. The minimum Gasteiger partial charge on any atom is -0.262 e. The predicted molar refractivity (Wildman–Crippen MR) is 112 cm³/mol. The molecule has 1 aliphatic carbocycles. The normalized spacial score (nSPS) is 17.4. The topological polar surface area (TPSA) is 60.9 Å². The molecule has 4 heterocycles. The lowest BCUT2D eigenvalue weighted by molar-refractivity contribution is 0.145. The van der Waals surface area contributed by atoms with Crippen LogP contribution in [0.3, 0.4) is 0 Å². The van der Waals surface area contributed by atoms with Crippen LogP contribution >= 0.6 is 11.3 Å². The van der Waals surface area contributed by atoms with E-state index in [2.05, 4.69) is 36.0 Å². The van der Waals surface area contributed by atoms with Crippen molar-refractivity contribution in [2.45, 2.75) is 59.9 Å². The zero-order valence-corrected chi connectivity index (χ0v) is 18.3. The first-order valence-electron chi connectivity index (χ1n) is 10.2. The average Bonchev–Trinajstić information content (AvgIpc) is 3.35. The highest BCUT2D eigenvalue weighted by Gasteiger charge is 2.31. The number of aromatic nitrogens is 6. The number of aryl methyl sites for hydroxylation is 2. The summed E-state index contributed by atoms with van der Waals surface area (Å²) < 4.78 is 29.1. The number of rotatable bonds is 3. The number of alkyl halides is 2. The number of nitrogens with zero attached hydrogens (tertiary/aromatic N) is 6. The zero-order valence-electron chi connectivity index (χ0n) is 17.5. The van der Waals surface area contributed by atoms with Gasteiger partial charge in [-0.15, -0.1) is 16.4 Å². The standard InChI is InChI=1S/C21H24F2N6S/c1-11-7-14(18(22)23)26-28(11)9-16-25-19-17-13-6-5-12(21(2,3)4)8-15(13)30-20(17)24-10-29(19)27-16/h7,10,12,18H,5-6,8-9H2,1-4H3. The van der Waals surface area contributed by atoms with Gasteiger partial charge in [0.2, 0.25) is 0 Å². The van der Waals surface area contributed by atoms with Crippen molar-refractivity contribution in [2.24, 2.45) is 11.3 Å². The fraction of sp³-hybridized carbons (Fsp3) is 0.524. The van der Waals surface area contributed by atoms with E-state index in [0.29, 0.717) is 17.4 Å². The van der Waals surface area contributed by atoms with E-state index in [0.717, 1.165) is 35.1 Å². The highest BCUT2D eigenvalue weighted by molar-refractivity contribution is 7.19. The van der Waals surface area contributed by atoms with Crippen molar-refractivity contribution in [1.82, 2.24) is 29.4 Å². The van der Waals surface area contributed by atoms with Crippen LogP contribution in [0, 0.1) is 18.3 Å². The van der Waals surface area contributed by atoms with Gasteiger partial charge in [-0.25, -0.2) is 23.3 Å². The Morgan fingerprint density at radius 3 is 2.77 bits per heavy atom. The Labute approximate surface area is 177 Å². The monoisotopic (exact) mass is 430 g/mol. The molecular formula is C21H24F2N6S. The van der Waals surface area contributed by atoms with Gasteiger partial charge >= 0.3 is 0 Å². The van der Waals surface area contributed by atoms with Crippen molar-refractivity contribution in [3.63, 3.8) is 0 Å². The van der Waals surface area contributed by atoms with Gasteiger partial charge in [-0.05, 0) is 49.1 Å². The lowest BCUT2D eigenvalue weighted by atomic mass is 9.72. The zero-order chi connectivity index (χ0) is 21.2. The van der Waals surface area contributed by atoms with Crippen molar-refractivity contribution in [3.05, 3.63) is 40.0 Å². The molecule has 0 aromatic carbocycles. The molecule has 0 N–H and O–H groups in total. The lowest BCUT2D eigenvalue weighted by Crippen LogP contribution is -2.26. The van der Waals surface area contributed by atoms with Gasteiger partial charge in [-0.3, -0.25) is 4.68 Å². The molecule has 0 radical (unpaired) electrons. The van der Waals surface area contributed by atoms with E-state index in [4.69, 9.17) is 4.98 Å². The molecule has 0 spiro atoms. The predicted octanol–water partition coefficient (Wildman–Crippen LogP) is 4.98. The van der Waals surface area contributed by atoms with Crippen LogP contribution in [-0.4, -0.2) is 29.4 Å². The van der Waals surface area contributed by atoms with Crippen molar-refractivity contribution in [3.8, 4) is 0 Å². The summed E-state index contributed by atoms with van der Waals surface area (Å²) in [6.07, 6.45) is 2.37. The summed E-state index contributed by atoms with van der Waals surface area (Å²) in [4.78, 5) is 11.8. The molecule has 6 nitrogen and oxygen atoms in total. The molecular weight excluding hydrogens is 406 g/mol. The first kappa shape index (κ1) is 19.5. The summed E-state index contributed by atoms with van der Waals surface area (Å²) in [6, 6.07) is 1.40. The van der Waals surface area contributed by atoms with Crippen LogP contribution in [0.5, 0.6) is 0 Å². The molecule has 158 valence electrons. The summed E-state index contributed by atoms with van der Waals surface area (Å²) in [5.41, 5.74) is 2.87. The minimum atomic E-state index is -2.59. The fourth-order valence-electron chi connectivity index (χ4n) is 4.36. The highest BCUT2D eigenvalue weighted by Crippen LogP contribution is 2.43. The Kier molecular flexibility index (Phi) is 4.43. The van der Waals surface area contributed by atoms with E-state index in [9.17, 15) is 8.78 Å². The first-order chi connectivity index (χ1) is 14.2. The molecule has 1 aliphatic rings. The van der Waals surface area contributed by atoms with Gasteiger partial charge in [0.15, 0.2) is 11.5 Å². The molecule has 30 heavy (non-hydrogen) atoms. The van der Waals surface area contributed by atoms with E-state index in [1.54, 1.807) is 29.1 Å². The van der Waals surface area contributed by atoms with Gasteiger partial charge in [-0.2, -0.15) is 5.10 Å². The number of thiophene rings is 1. The average molecular weight is 431 g/mol. The van der Waals surface area contributed by atoms with Crippen LogP contribution in [0.25, 0.3) is 15.9 Å². The Morgan fingerprint density at radius 2 is 2.07 bits per heavy atom. The van der Waals surface area contributed by atoms with Gasteiger partial charge in [-0.1, -0.05) is 20.8 Å². The van der Waals surface area contributed by atoms with Crippen LogP contribution < -0.4 is 0 Å². The molecule has 0 saturated carbocycles. The maximum absolute atomic E-state index is 12.9. The second-order valence-corrected chi connectivity index (χ2v) is 10.3. The van der Waals surface area contributed by atoms with Crippen molar-refractivity contribution in [2.75, 3.05) is 0 Å². The largest absolute Gasteiger partial charge is 0.282 e. The molecule has 0 amide bonds. The summed E-state index contributed by atoms with van der Waals surface area (Å²) in [6.45, 7) is 8.95. The van der Waals surface area contributed by atoms with Crippen molar-refractivity contribution >= 4 is 27.2 Å². The Balaban J connectivity index is 1.54. The van der Waals surface area contributed by atoms with Crippen LogP contribution in [0.2, 0.25) is 0 Å². The Bertz CT molecular complexity index is 1250. The number of fused-ring (bicyclic) bond motifs is 5. The van der Waals surface area contributed by atoms with Crippen LogP contribution in [0.4, 0.5) is 8.78 Å². The Morgan fingerprint density at radius 1 is 1.27 bits per heavy atom. The SMILES string of the molecule is Cc1cc(C(F)F)nn1Cc1nc2c3c4c(sc3ncn2n1)CC(C(C)(C)C)CC4. The third-order valence-corrected chi connectivity index (χ3v) is 7.33. The molecule has 4 aromatic rings. The number of hydrogen-bond donors (Lipinski definition) is 0. The summed E-state index contributed by atoms with van der Waals surface area (Å²) in [7, 11) is 0. The quantitative estimate of drug-likeness (QED) is 0.460. The van der Waals surface area contributed by atoms with E-state index in [1.807, 2.05) is 0 Å². The van der Waals surface area contributed by atoms with Gasteiger partial charge in [0.05, 0.1) is 5.39 Å². The van der Waals surface area contributed by atoms with E-state index in [1.165, 1.54) is 21.2 Å². The van der Waals surface area contributed by atoms with Crippen molar-refractivity contribution < 1.29 is 8.78 Å². The molecule has 0 bridgehead atoms. The maximum Gasteiger partial charge on any atom is 0.282 e. The van der Waals surface area contributed by atoms with Gasteiger partial charge < -0.3 is 0 Å². The smallest absolute Gasteiger partial charge is 0.262 e. The highest BCUT2D eigenvalue weighted by atomic mass is 32.1. The van der Waals surface area contributed by atoms with Crippen LogP contribution in [-0.2, 0) is 19.4 Å². The van der Waals surface area contributed by atoms with Gasteiger partial charge in [0.1, 0.15) is 23.4 Å². The van der Waals surface area contributed by atoms with Crippen molar-refractivity contribution in [1.29, 1.82) is 0 Å². The minimum absolute atomic E-state index is 0.222. The second-order valence-electron chi connectivity index (χ2n) is 9.20. The van der Waals surface area contributed by atoms with Gasteiger partial charge in [0, 0.05) is 10.6 Å². The molecule has 0 fully saturated rings. The van der Waals surface area contributed by atoms with Gasteiger partial charge in [0.25, 0.3) is 6.43 Å². The fourth-order valence-corrected chi connectivity index (χ4v) is 5.62. The van der Waals surface area contributed by atoms with Crippen LogP contribution in [0.15, 0.2) is 12.4 Å². The lowest BCUT2D eigenvalue weighted by Gasteiger charge is -2.33.